The van der Waals surface area contributed by atoms with Crippen LogP contribution in [0.25, 0.3) is 0 Å². The van der Waals surface area contributed by atoms with Crippen LogP contribution in [-0.4, -0.2) is 56.7 Å². The van der Waals surface area contributed by atoms with Crippen molar-refractivity contribution in [3.05, 3.63) is 23.8 Å². The van der Waals surface area contributed by atoms with Crippen LogP contribution >= 0.6 is 11.8 Å². The number of hydrogen-bond acceptors (Lipinski definition) is 6. The number of Topliss-reactive ketones (excluding diaryl/α,β-unsaturated/α-hetero) is 1. The first-order valence-corrected chi connectivity index (χ1v) is 11.9. The highest BCUT2D eigenvalue weighted by atomic mass is 32.2. The lowest BCUT2D eigenvalue weighted by atomic mass is 9.46. The molecule has 4 aliphatic rings. The second kappa shape index (κ2) is 7.33. The van der Waals surface area contributed by atoms with Crippen LogP contribution in [0.3, 0.4) is 0 Å². The lowest BCUT2D eigenvalue weighted by molar-refractivity contribution is -0.174. The fourth-order valence-corrected chi connectivity index (χ4v) is 7.83. The average Bonchev–Trinajstić information content (AvgIpc) is 2.94. The quantitative estimate of drug-likeness (QED) is 0.591. The molecule has 7 atom stereocenters. The summed E-state index contributed by atoms with van der Waals surface area (Å²) in [6, 6.07) is 0. The van der Waals surface area contributed by atoms with Gasteiger partial charge in [-0.3, -0.25) is 9.59 Å². The molecule has 160 valence electrons. The highest BCUT2D eigenvalue weighted by Gasteiger charge is 2.67. The zero-order valence-electron chi connectivity index (χ0n) is 17.3. The van der Waals surface area contributed by atoms with Crippen molar-refractivity contribution >= 4 is 23.3 Å². The highest BCUT2D eigenvalue weighted by Crippen LogP contribution is 2.67. The summed E-state index contributed by atoms with van der Waals surface area (Å²) in [6.07, 6.45) is 8.05. The Hall–Kier alpha value is -0.950. The molecule has 4 rings (SSSR count). The summed E-state index contributed by atoms with van der Waals surface area (Å²) in [6.45, 7) is 4.14. The summed E-state index contributed by atoms with van der Waals surface area (Å²) in [4.78, 5) is 24.9. The molecule has 3 N–H and O–H groups in total. The van der Waals surface area contributed by atoms with Gasteiger partial charge in [0.15, 0.2) is 11.6 Å². The molecule has 0 heterocycles. The molecule has 0 aliphatic heterocycles. The third-order valence-electron chi connectivity index (χ3n) is 8.58. The van der Waals surface area contributed by atoms with E-state index >= 15 is 0 Å². The number of aliphatic hydroxyl groups is 3. The van der Waals surface area contributed by atoms with Crippen molar-refractivity contribution in [2.45, 2.75) is 57.7 Å². The zero-order chi connectivity index (χ0) is 21.0. The molecule has 5 nitrogen and oxygen atoms in total. The Morgan fingerprint density at radius 1 is 1.31 bits per heavy atom. The van der Waals surface area contributed by atoms with Crippen molar-refractivity contribution in [2.75, 3.05) is 18.1 Å². The van der Waals surface area contributed by atoms with Crippen LogP contribution in [0.5, 0.6) is 0 Å². The van der Waals surface area contributed by atoms with E-state index in [-0.39, 0.29) is 47.1 Å². The number of allylic oxidation sites excluding steroid dienone is 4. The first-order valence-electron chi connectivity index (χ1n) is 10.7. The van der Waals surface area contributed by atoms with Gasteiger partial charge in [-0.2, -0.15) is 11.8 Å². The van der Waals surface area contributed by atoms with Gasteiger partial charge in [0.25, 0.3) is 0 Å². The van der Waals surface area contributed by atoms with E-state index in [1.165, 1.54) is 11.8 Å². The Morgan fingerprint density at radius 2 is 2.07 bits per heavy atom. The average molecular weight is 421 g/mol. The molecule has 29 heavy (non-hydrogen) atoms. The Bertz CT molecular complexity index is 775. The van der Waals surface area contributed by atoms with Gasteiger partial charge in [-0.25, -0.2) is 0 Å². The van der Waals surface area contributed by atoms with Crippen LogP contribution < -0.4 is 0 Å². The fraction of sp³-hybridized carbons (Fsp3) is 0.739. The van der Waals surface area contributed by atoms with Gasteiger partial charge in [0, 0.05) is 22.5 Å². The minimum absolute atomic E-state index is 0.00569. The summed E-state index contributed by atoms with van der Waals surface area (Å²) in [5.74, 6) is 0.927. The van der Waals surface area contributed by atoms with Crippen molar-refractivity contribution in [1.82, 2.24) is 0 Å². The van der Waals surface area contributed by atoms with Crippen molar-refractivity contribution in [1.29, 1.82) is 0 Å². The molecule has 3 saturated carbocycles. The molecular formula is C23H32O5S. The molecule has 0 aromatic carbocycles. The molecule has 3 fully saturated rings. The minimum Gasteiger partial charge on any atom is -0.396 e. The summed E-state index contributed by atoms with van der Waals surface area (Å²) >= 11 is 1.35. The summed E-state index contributed by atoms with van der Waals surface area (Å²) < 4.78 is 0. The molecule has 6 heteroatoms. The Labute approximate surface area is 176 Å². The lowest BCUT2D eigenvalue weighted by Crippen LogP contribution is -2.61. The number of fused-ring (bicyclic) bond motifs is 5. The topological polar surface area (TPSA) is 94.8 Å². The van der Waals surface area contributed by atoms with Gasteiger partial charge in [0.2, 0.25) is 0 Å². The molecular weight excluding hydrogens is 388 g/mol. The van der Waals surface area contributed by atoms with Crippen LogP contribution in [0.2, 0.25) is 0 Å². The maximum Gasteiger partial charge on any atom is 0.178 e. The minimum atomic E-state index is -1.42. The van der Waals surface area contributed by atoms with Crippen LogP contribution in [0, 0.1) is 28.6 Å². The van der Waals surface area contributed by atoms with Gasteiger partial charge in [0.1, 0.15) is 5.60 Å². The molecule has 0 saturated heterocycles. The van der Waals surface area contributed by atoms with Crippen LogP contribution in [0.1, 0.15) is 46.0 Å². The Balaban J connectivity index is 1.64. The van der Waals surface area contributed by atoms with Crippen molar-refractivity contribution in [3.63, 3.8) is 0 Å². The van der Waals surface area contributed by atoms with Gasteiger partial charge in [0.05, 0.1) is 18.5 Å². The number of hydrogen-bond donors (Lipinski definition) is 3. The number of carbonyl (C=O) groups excluding carboxylic acids is 2. The summed E-state index contributed by atoms with van der Waals surface area (Å²) in [5.41, 5.74) is -1.28. The largest absolute Gasteiger partial charge is 0.396 e. The van der Waals surface area contributed by atoms with Crippen LogP contribution in [-0.2, 0) is 9.59 Å². The number of aliphatic hydroxyl groups excluding tert-OH is 2. The normalized spacial score (nSPS) is 46.0. The van der Waals surface area contributed by atoms with Gasteiger partial charge in [-0.15, -0.1) is 0 Å². The molecule has 0 aromatic heterocycles. The maximum atomic E-state index is 13.0. The highest BCUT2D eigenvalue weighted by molar-refractivity contribution is 7.99. The Kier molecular flexibility index (Phi) is 5.38. The molecule has 0 amide bonds. The number of carbonyl (C=O) groups is 2. The van der Waals surface area contributed by atoms with Crippen LogP contribution in [0.15, 0.2) is 23.8 Å². The SMILES string of the molecule is C[C@]12C=CC(=O)C=C1CC[C@@H]1[C@@H]2[C@H](O)C[C@]2(C)[C@@H]1CC[C@]2(O)C(=O)CSCCO. The van der Waals surface area contributed by atoms with Gasteiger partial charge in [-0.1, -0.05) is 25.5 Å². The maximum absolute atomic E-state index is 13.0. The van der Waals surface area contributed by atoms with E-state index in [1.807, 2.05) is 13.0 Å². The smallest absolute Gasteiger partial charge is 0.178 e. The van der Waals surface area contributed by atoms with Gasteiger partial charge >= 0.3 is 0 Å². The molecule has 0 aromatic rings. The molecule has 0 bridgehead atoms. The van der Waals surface area contributed by atoms with Gasteiger partial charge in [-0.05, 0) is 56.1 Å². The van der Waals surface area contributed by atoms with Gasteiger partial charge < -0.3 is 15.3 Å². The van der Waals surface area contributed by atoms with E-state index in [1.54, 1.807) is 12.2 Å². The number of ketones is 2. The second-order valence-electron chi connectivity index (χ2n) is 9.81. The van der Waals surface area contributed by atoms with Crippen molar-refractivity contribution in [2.24, 2.45) is 28.6 Å². The monoisotopic (exact) mass is 420 g/mol. The van der Waals surface area contributed by atoms with Crippen molar-refractivity contribution in [3.8, 4) is 0 Å². The standard InChI is InChI=1S/C23H32O5S/c1-21-7-5-15(25)11-14(21)3-4-16-17-6-8-23(28,19(27)13-29-10-9-24)22(17,2)12-18(26)20(16)21/h5,7,11,16-18,20,24,26,28H,3-4,6,8-10,12-13H2,1-2H3/t16-,17+,18+,20+,21-,22+,23-/m0/s1. The van der Waals surface area contributed by atoms with E-state index in [0.717, 1.165) is 24.8 Å². The predicted molar refractivity (Wildman–Crippen MR) is 112 cm³/mol. The predicted octanol–water partition coefficient (Wildman–Crippen LogP) is 2.29. The van der Waals surface area contributed by atoms with Crippen molar-refractivity contribution < 1.29 is 24.9 Å². The summed E-state index contributed by atoms with van der Waals surface area (Å²) in [5, 5.41) is 31.8. The zero-order valence-corrected chi connectivity index (χ0v) is 18.1. The van der Waals surface area contributed by atoms with E-state index in [4.69, 9.17) is 5.11 Å². The number of thioether (sulfide) groups is 1. The lowest BCUT2D eigenvalue weighted by Gasteiger charge is -2.59. The molecule has 0 radical (unpaired) electrons. The molecule has 0 unspecified atom stereocenters. The Morgan fingerprint density at radius 3 is 2.79 bits per heavy atom. The summed E-state index contributed by atoms with van der Waals surface area (Å²) in [7, 11) is 0. The third kappa shape index (κ3) is 3.01. The van der Waals surface area contributed by atoms with E-state index in [9.17, 15) is 19.8 Å². The van der Waals surface area contributed by atoms with E-state index in [2.05, 4.69) is 6.92 Å². The second-order valence-corrected chi connectivity index (χ2v) is 10.9. The fourth-order valence-electron chi connectivity index (χ4n) is 7.14. The first kappa shape index (κ1) is 21.3. The van der Waals surface area contributed by atoms with Crippen LogP contribution in [0.4, 0.5) is 0 Å². The molecule has 4 aliphatic carbocycles. The van der Waals surface area contributed by atoms with E-state index < -0.39 is 17.1 Å². The third-order valence-corrected chi connectivity index (χ3v) is 9.52. The number of rotatable bonds is 5. The molecule has 0 spiro atoms. The van der Waals surface area contributed by atoms with E-state index in [0.29, 0.717) is 18.6 Å². The first-order chi connectivity index (χ1) is 13.7.